The van der Waals surface area contributed by atoms with Crippen LogP contribution in [-0.4, -0.2) is 19.8 Å². The fourth-order valence-electron chi connectivity index (χ4n) is 1.98. The van der Waals surface area contributed by atoms with Crippen LogP contribution in [0.15, 0.2) is 35.6 Å². The van der Waals surface area contributed by atoms with Crippen molar-refractivity contribution in [1.29, 1.82) is 0 Å². The molecule has 4 nitrogen and oxygen atoms in total. The fourth-order valence-corrected chi connectivity index (χ4v) is 1.98. The highest BCUT2D eigenvalue weighted by Gasteiger charge is 2.23. The molecule has 1 aromatic rings. The molecule has 0 heterocycles. The predicted molar refractivity (Wildman–Crippen MR) is 80.9 cm³/mol. The van der Waals surface area contributed by atoms with E-state index in [0.29, 0.717) is 11.7 Å². The van der Waals surface area contributed by atoms with Crippen LogP contribution >= 0.6 is 0 Å². The third kappa shape index (κ3) is 3.02. The van der Waals surface area contributed by atoms with Gasteiger partial charge in [-0.25, -0.2) is 14.7 Å². The van der Waals surface area contributed by atoms with Gasteiger partial charge in [-0.3, -0.25) is 0 Å². The van der Waals surface area contributed by atoms with Crippen molar-refractivity contribution in [1.82, 2.24) is 5.32 Å². The zero-order valence-corrected chi connectivity index (χ0v) is 12.0. The number of urea groups is 1. The van der Waals surface area contributed by atoms with Crippen molar-refractivity contribution in [2.24, 2.45) is 4.99 Å². The Kier molecular flexibility index (Phi) is 4.87. The Labute approximate surface area is 114 Å². The zero-order valence-electron chi connectivity index (χ0n) is 12.0. The van der Waals surface area contributed by atoms with Crippen LogP contribution in [0.5, 0.6) is 0 Å². The Hall–Kier alpha value is -2.10. The lowest BCUT2D eigenvalue weighted by atomic mass is 9.97. The zero-order chi connectivity index (χ0) is 14.6. The molecule has 1 N–H and O–H groups in total. The Morgan fingerprint density at radius 1 is 1.42 bits per heavy atom. The van der Waals surface area contributed by atoms with E-state index in [1.807, 2.05) is 25.1 Å². The molecule has 2 amide bonds. The molecule has 102 valence electrons. The maximum Gasteiger partial charge on any atom is 0.327 e. The molecule has 0 aliphatic carbocycles. The molecule has 0 aromatic heterocycles. The highest BCUT2D eigenvalue weighted by Crippen LogP contribution is 2.33. The molecule has 0 atom stereocenters. The molecule has 19 heavy (non-hydrogen) atoms. The molecule has 0 radical (unpaired) electrons. The van der Waals surface area contributed by atoms with E-state index in [4.69, 9.17) is 0 Å². The van der Waals surface area contributed by atoms with Crippen molar-refractivity contribution in [2.45, 2.75) is 26.7 Å². The predicted octanol–water partition coefficient (Wildman–Crippen LogP) is 3.44. The first kappa shape index (κ1) is 15.0. The third-order valence-electron chi connectivity index (χ3n) is 2.97. The number of amides is 2. The minimum Gasteiger partial charge on any atom is -0.340 e. The van der Waals surface area contributed by atoms with E-state index in [1.54, 1.807) is 7.05 Å². The number of hydrogen-bond donors (Lipinski definition) is 1. The van der Waals surface area contributed by atoms with Crippen LogP contribution < -0.4 is 10.2 Å². The second-order valence-electron chi connectivity index (χ2n) is 4.63. The Morgan fingerprint density at radius 3 is 2.53 bits per heavy atom. The van der Waals surface area contributed by atoms with Crippen LogP contribution in [0, 0.1) is 6.92 Å². The average molecular weight is 259 g/mol. The van der Waals surface area contributed by atoms with Gasteiger partial charge in [0.15, 0.2) is 0 Å². The summed E-state index contributed by atoms with van der Waals surface area (Å²) in [5.74, 6) is 0.607. The first-order valence-corrected chi connectivity index (χ1v) is 6.21. The van der Waals surface area contributed by atoms with E-state index in [-0.39, 0.29) is 6.03 Å². The molecule has 0 aliphatic rings. The quantitative estimate of drug-likeness (QED) is 0.827. The van der Waals surface area contributed by atoms with Gasteiger partial charge in [0.2, 0.25) is 0 Å². The number of anilines is 1. The SMILES string of the molecule is C=NC(=C)N(C(=O)NC)c1c(C)cccc1C(C)C. The van der Waals surface area contributed by atoms with Gasteiger partial charge < -0.3 is 5.32 Å². The molecule has 0 bridgehead atoms. The Balaban J connectivity index is 3.49. The fraction of sp³-hybridized carbons (Fsp3) is 0.333. The first-order chi connectivity index (χ1) is 8.93. The number of para-hydroxylation sites is 1. The summed E-state index contributed by atoms with van der Waals surface area (Å²) < 4.78 is 0. The molecule has 0 saturated carbocycles. The summed E-state index contributed by atoms with van der Waals surface area (Å²) in [5.41, 5.74) is 2.90. The van der Waals surface area contributed by atoms with Crippen LogP contribution in [0.25, 0.3) is 0 Å². The lowest BCUT2D eigenvalue weighted by molar-refractivity contribution is 0.249. The molecule has 4 heteroatoms. The highest BCUT2D eigenvalue weighted by atomic mass is 16.2. The molecule has 1 aromatic carbocycles. The number of hydrogen-bond acceptors (Lipinski definition) is 2. The summed E-state index contributed by atoms with van der Waals surface area (Å²) in [4.78, 5) is 17.4. The van der Waals surface area contributed by atoms with Gasteiger partial charge in [0, 0.05) is 7.05 Å². The minimum atomic E-state index is -0.270. The van der Waals surface area contributed by atoms with Crippen LogP contribution in [0.1, 0.15) is 30.9 Å². The van der Waals surface area contributed by atoms with Gasteiger partial charge in [0.25, 0.3) is 0 Å². The molecule has 0 unspecified atom stereocenters. The molecule has 0 spiro atoms. The van der Waals surface area contributed by atoms with Crippen LogP contribution in [0.4, 0.5) is 10.5 Å². The second kappa shape index (κ2) is 6.18. The van der Waals surface area contributed by atoms with E-state index in [1.165, 1.54) is 4.90 Å². The van der Waals surface area contributed by atoms with Crippen molar-refractivity contribution in [3.05, 3.63) is 41.7 Å². The number of carbonyl (C=O) groups is 1. The van der Waals surface area contributed by atoms with Crippen molar-refractivity contribution < 1.29 is 4.79 Å². The number of rotatable bonds is 4. The molecule has 0 fully saturated rings. The molecule has 0 aliphatic heterocycles. The summed E-state index contributed by atoms with van der Waals surface area (Å²) >= 11 is 0. The summed E-state index contributed by atoms with van der Waals surface area (Å²) in [6.07, 6.45) is 0. The van der Waals surface area contributed by atoms with Crippen LogP contribution in [0.2, 0.25) is 0 Å². The standard InChI is InChI=1S/C15H21N3O/c1-10(2)13-9-7-8-11(3)14(13)18(12(4)16-5)15(19)17-6/h7-10H,4-5H2,1-3,6H3,(H,17,19). The topological polar surface area (TPSA) is 44.7 Å². The Bertz CT molecular complexity index is 506. The van der Waals surface area contributed by atoms with Crippen molar-refractivity contribution in [3.8, 4) is 0 Å². The highest BCUT2D eigenvalue weighted by molar-refractivity contribution is 5.96. The second-order valence-corrected chi connectivity index (χ2v) is 4.63. The number of aliphatic imine (C=N–C) groups is 1. The maximum absolute atomic E-state index is 12.1. The van der Waals surface area contributed by atoms with Crippen LogP contribution in [-0.2, 0) is 0 Å². The van der Waals surface area contributed by atoms with Gasteiger partial charge in [-0.2, -0.15) is 0 Å². The Morgan fingerprint density at radius 2 is 2.05 bits per heavy atom. The van der Waals surface area contributed by atoms with Gasteiger partial charge in [-0.1, -0.05) is 38.6 Å². The maximum atomic E-state index is 12.1. The van der Waals surface area contributed by atoms with E-state index in [9.17, 15) is 4.79 Å². The third-order valence-corrected chi connectivity index (χ3v) is 2.97. The number of nitrogens with one attached hydrogen (secondary N) is 1. The van der Waals surface area contributed by atoms with Crippen molar-refractivity contribution in [2.75, 3.05) is 11.9 Å². The number of carbonyl (C=O) groups excluding carboxylic acids is 1. The minimum absolute atomic E-state index is 0.270. The number of aryl methyl sites for hydroxylation is 1. The van der Waals surface area contributed by atoms with Gasteiger partial charge in [-0.05, 0) is 30.7 Å². The van der Waals surface area contributed by atoms with Gasteiger partial charge >= 0.3 is 6.03 Å². The summed E-state index contributed by atoms with van der Waals surface area (Å²) in [6.45, 7) is 13.4. The van der Waals surface area contributed by atoms with Crippen molar-refractivity contribution in [3.63, 3.8) is 0 Å². The number of benzene rings is 1. The van der Waals surface area contributed by atoms with E-state index in [0.717, 1.165) is 16.8 Å². The van der Waals surface area contributed by atoms with Gasteiger partial charge in [0.1, 0.15) is 5.82 Å². The van der Waals surface area contributed by atoms with E-state index in [2.05, 4.69) is 37.5 Å². The van der Waals surface area contributed by atoms with Gasteiger partial charge in [-0.15, -0.1) is 0 Å². The summed E-state index contributed by atoms with van der Waals surface area (Å²) in [5, 5.41) is 2.61. The first-order valence-electron chi connectivity index (χ1n) is 6.21. The van der Waals surface area contributed by atoms with E-state index < -0.39 is 0 Å². The normalized spacial score (nSPS) is 10.2. The molecular weight excluding hydrogens is 238 g/mol. The lowest BCUT2D eigenvalue weighted by Crippen LogP contribution is -2.37. The molecule has 1 rings (SSSR count). The van der Waals surface area contributed by atoms with Gasteiger partial charge in [0.05, 0.1) is 5.69 Å². The lowest BCUT2D eigenvalue weighted by Gasteiger charge is -2.27. The summed E-state index contributed by atoms with van der Waals surface area (Å²) in [6, 6.07) is 5.70. The monoisotopic (exact) mass is 259 g/mol. The molecular formula is C15H21N3O. The smallest absolute Gasteiger partial charge is 0.327 e. The van der Waals surface area contributed by atoms with Crippen LogP contribution in [0.3, 0.4) is 0 Å². The molecule has 0 saturated heterocycles. The average Bonchev–Trinajstić information content (AvgIpc) is 2.39. The van der Waals surface area contributed by atoms with E-state index >= 15 is 0 Å². The number of nitrogens with zero attached hydrogens (tertiary/aromatic N) is 2. The summed E-state index contributed by atoms with van der Waals surface area (Å²) in [7, 11) is 1.58. The largest absolute Gasteiger partial charge is 0.340 e. The van der Waals surface area contributed by atoms with Crippen molar-refractivity contribution >= 4 is 18.4 Å².